The molecule has 25 heavy (non-hydrogen) atoms. The van der Waals surface area contributed by atoms with Crippen LogP contribution in [0.5, 0.6) is 5.75 Å². The molecular weight excluding hydrogens is 318 g/mol. The lowest BCUT2D eigenvalue weighted by molar-refractivity contribution is -0.134. The van der Waals surface area contributed by atoms with Gasteiger partial charge in [0.1, 0.15) is 5.75 Å². The van der Waals surface area contributed by atoms with E-state index in [2.05, 4.69) is 4.99 Å². The van der Waals surface area contributed by atoms with E-state index in [0.717, 1.165) is 16.7 Å². The number of rotatable bonds is 4. The van der Waals surface area contributed by atoms with Crippen LogP contribution in [-0.4, -0.2) is 17.8 Å². The number of carbonyl (C=O) groups excluding carboxylic acids is 2. The van der Waals surface area contributed by atoms with Gasteiger partial charge in [0.05, 0.1) is 0 Å². The van der Waals surface area contributed by atoms with E-state index in [4.69, 9.17) is 9.47 Å². The standard InChI is InChI=1S/C20H17NO4/c1-3-18(22)24-15-10-8-14(9-11-15)12-17-20(23)25-19(21-17)16-7-5-4-6-13(16)2/h4-12H,3H2,1-2H3/b17-12+. The molecule has 0 saturated heterocycles. The van der Waals surface area contributed by atoms with E-state index in [1.807, 2.05) is 31.2 Å². The zero-order chi connectivity index (χ0) is 17.8. The summed E-state index contributed by atoms with van der Waals surface area (Å²) < 4.78 is 10.4. The molecule has 5 nitrogen and oxygen atoms in total. The zero-order valence-electron chi connectivity index (χ0n) is 14.0. The lowest BCUT2D eigenvalue weighted by atomic mass is 10.1. The van der Waals surface area contributed by atoms with Crippen LogP contribution in [0.25, 0.3) is 6.08 Å². The maximum absolute atomic E-state index is 12.1. The van der Waals surface area contributed by atoms with Crippen molar-refractivity contribution in [1.82, 2.24) is 0 Å². The molecule has 0 bridgehead atoms. The van der Waals surface area contributed by atoms with E-state index in [0.29, 0.717) is 18.1 Å². The zero-order valence-corrected chi connectivity index (χ0v) is 14.0. The molecule has 0 amide bonds. The summed E-state index contributed by atoms with van der Waals surface area (Å²) in [5, 5.41) is 0. The van der Waals surface area contributed by atoms with Gasteiger partial charge in [0, 0.05) is 12.0 Å². The number of hydrogen-bond donors (Lipinski definition) is 0. The highest BCUT2D eigenvalue weighted by atomic mass is 16.6. The summed E-state index contributed by atoms with van der Waals surface area (Å²) in [7, 11) is 0. The van der Waals surface area contributed by atoms with Crippen LogP contribution in [0, 0.1) is 6.92 Å². The second-order valence-corrected chi connectivity index (χ2v) is 5.55. The quantitative estimate of drug-likeness (QED) is 0.486. The number of esters is 2. The summed E-state index contributed by atoms with van der Waals surface area (Å²) in [6, 6.07) is 14.4. The van der Waals surface area contributed by atoms with Gasteiger partial charge in [-0.05, 0) is 42.3 Å². The van der Waals surface area contributed by atoms with Crippen LogP contribution in [0.15, 0.2) is 59.2 Å². The molecule has 0 fully saturated rings. The fourth-order valence-electron chi connectivity index (χ4n) is 2.33. The van der Waals surface area contributed by atoms with E-state index in [1.165, 1.54) is 0 Å². The average Bonchev–Trinajstić information content (AvgIpc) is 2.97. The van der Waals surface area contributed by atoms with Crippen molar-refractivity contribution >= 4 is 23.9 Å². The van der Waals surface area contributed by atoms with Crippen molar-refractivity contribution in [2.75, 3.05) is 0 Å². The number of nitrogens with zero attached hydrogens (tertiary/aromatic N) is 1. The Morgan fingerprint density at radius 1 is 1.16 bits per heavy atom. The predicted molar refractivity (Wildman–Crippen MR) is 94.2 cm³/mol. The smallest absolute Gasteiger partial charge is 0.363 e. The summed E-state index contributed by atoms with van der Waals surface area (Å²) >= 11 is 0. The first-order valence-corrected chi connectivity index (χ1v) is 7.96. The van der Waals surface area contributed by atoms with Gasteiger partial charge in [-0.15, -0.1) is 0 Å². The van der Waals surface area contributed by atoms with E-state index in [1.54, 1.807) is 37.3 Å². The van der Waals surface area contributed by atoms with Crippen LogP contribution in [0.4, 0.5) is 0 Å². The second-order valence-electron chi connectivity index (χ2n) is 5.55. The first-order valence-electron chi connectivity index (χ1n) is 7.96. The van der Waals surface area contributed by atoms with Crippen molar-refractivity contribution < 1.29 is 19.1 Å². The molecule has 2 aromatic rings. The van der Waals surface area contributed by atoms with Crippen molar-refractivity contribution in [1.29, 1.82) is 0 Å². The summed E-state index contributed by atoms with van der Waals surface area (Å²) in [5.41, 5.74) is 2.77. The van der Waals surface area contributed by atoms with Gasteiger partial charge in [-0.2, -0.15) is 0 Å². The minimum atomic E-state index is -0.486. The van der Waals surface area contributed by atoms with Crippen molar-refractivity contribution in [2.45, 2.75) is 20.3 Å². The maximum atomic E-state index is 12.1. The Bertz CT molecular complexity index is 879. The van der Waals surface area contributed by atoms with E-state index < -0.39 is 5.97 Å². The molecule has 0 saturated carbocycles. The van der Waals surface area contributed by atoms with Crippen LogP contribution in [0.2, 0.25) is 0 Å². The molecule has 1 heterocycles. The summed E-state index contributed by atoms with van der Waals surface area (Å²) in [6.07, 6.45) is 1.95. The molecule has 0 aromatic heterocycles. The Morgan fingerprint density at radius 3 is 2.56 bits per heavy atom. The number of ether oxygens (including phenoxy) is 2. The monoisotopic (exact) mass is 335 g/mol. The van der Waals surface area contributed by atoms with Gasteiger partial charge in [-0.25, -0.2) is 9.79 Å². The molecule has 1 aliphatic heterocycles. The van der Waals surface area contributed by atoms with Crippen molar-refractivity contribution in [2.24, 2.45) is 4.99 Å². The molecule has 3 rings (SSSR count). The molecule has 1 aliphatic rings. The fourth-order valence-corrected chi connectivity index (χ4v) is 2.33. The molecule has 0 unspecified atom stereocenters. The molecule has 0 N–H and O–H groups in total. The number of benzene rings is 2. The van der Waals surface area contributed by atoms with E-state index >= 15 is 0 Å². The highest BCUT2D eigenvalue weighted by Gasteiger charge is 2.24. The lowest BCUT2D eigenvalue weighted by Gasteiger charge is -2.02. The average molecular weight is 335 g/mol. The second kappa shape index (κ2) is 7.13. The molecule has 5 heteroatoms. The van der Waals surface area contributed by atoms with Crippen LogP contribution in [-0.2, 0) is 14.3 Å². The lowest BCUT2D eigenvalue weighted by Crippen LogP contribution is -2.06. The van der Waals surface area contributed by atoms with Gasteiger partial charge >= 0.3 is 11.9 Å². The summed E-state index contributed by atoms with van der Waals surface area (Å²) in [6.45, 7) is 3.67. The number of cyclic esters (lactones) is 1. The third-order valence-electron chi connectivity index (χ3n) is 3.70. The highest BCUT2D eigenvalue weighted by Crippen LogP contribution is 2.22. The molecule has 0 aliphatic carbocycles. The maximum Gasteiger partial charge on any atom is 0.363 e. The Morgan fingerprint density at radius 2 is 1.88 bits per heavy atom. The van der Waals surface area contributed by atoms with Crippen LogP contribution in [0.3, 0.4) is 0 Å². The largest absolute Gasteiger partial charge is 0.427 e. The Labute approximate surface area is 145 Å². The number of carbonyl (C=O) groups is 2. The molecule has 0 spiro atoms. The molecule has 0 radical (unpaired) electrons. The number of aryl methyl sites for hydroxylation is 1. The minimum absolute atomic E-state index is 0.233. The van der Waals surface area contributed by atoms with Gasteiger partial charge in [0.25, 0.3) is 0 Å². The van der Waals surface area contributed by atoms with Crippen molar-refractivity contribution in [3.63, 3.8) is 0 Å². The molecular formula is C20H17NO4. The van der Waals surface area contributed by atoms with Gasteiger partial charge in [-0.3, -0.25) is 4.79 Å². The number of hydrogen-bond acceptors (Lipinski definition) is 5. The summed E-state index contributed by atoms with van der Waals surface area (Å²) in [5.74, 6) is -0.00682. The predicted octanol–water partition coefficient (Wildman–Crippen LogP) is 3.65. The van der Waals surface area contributed by atoms with Gasteiger partial charge < -0.3 is 9.47 Å². The van der Waals surface area contributed by atoms with Crippen molar-refractivity contribution in [3.8, 4) is 5.75 Å². The number of aliphatic imine (C=N–C) groups is 1. The Balaban J connectivity index is 1.82. The highest BCUT2D eigenvalue weighted by molar-refractivity contribution is 6.13. The SMILES string of the molecule is CCC(=O)Oc1ccc(/C=C2/N=C(c3ccccc3C)OC2=O)cc1. The fraction of sp³-hybridized carbons (Fsp3) is 0.150. The van der Waals surface area contributed by atoms with E-state index in [9.17, 15) is 9.59 Å². The molecule has 2 aromatic carbocycles. The van der Waals surface area contributed by atoms with Gasteiger partial charge in [0.2, 0.25) is 5.90 Å². The topological polar surface area (TPSA) is 65.0 Å². The van der Waals surface area contributed by atoms with Gasteiger partial charge in [-0.1, -0.05) is 37.3 Å². The minimum Gasteiger partial charge on any atom is -0.427 e. The first-order chi connectivity index (χ1) is 12.1. The molecule has 0 atom stereocenters. The Hall–Kier alpha value is -3.21. The third-order valence-corrected chi connectivity index (χ3v) is 3.70. The normalized spacial score (nSPS) is 15.0. The van der Waals surface area contributed by atoms with E-state index in [-0.39, 0.29) is 11.7 Å². The summed E-state index contributed by atoms with van der Waals surface area (Å²) in [4.78, 5) is 27.6. The third kappa shape index (κ3) is 3.83. The molecule has 126 valence electrons. The van der Waals surface area contributed by atoms with Gasteiger partial charge in [0.15, 0.2) is 5.70 Å². The van der Waals surface area contributed by atoms with Crippen LogP contribution < -0.4 is 4.74 Å². The first kappa shape index (κ1) is 16.6. The van der Waals surface area contributed by atoms with Crippen LogP contribution >= 0.6 is 0 Å². The van der Waals surface area contributed by atoms with Crippen LogP contribution in [0.1, 0.15) is 30.0 Å². The Kier molecular flexibility index (Phi) is 4.75. The van der Waals surface area contributed by atoms with Crippen molar-refractivity contribution in [3.05, 3.63) is 70.9 Å².